The van der Waals surface area contributed by atoms with Gasteiger partial charge in [0, 0.05) is 23.7 Å². The number of rotatable bonds is 3. The smallest absolute Gasteiger partial charge is 0.229 e. The maximum Gasteiger partial charge on any atom is 0.229 e. The van der Waals surface area contributed by atoms with Crippen molar-refractivity contribution in [2.75, 3.05) is 16.8 Å². The number of carbonyl (C=O) groups excluding carboxylic acids is 2. The first-order chi connectivity index (χ1) is 11.5. The van der Waals surface area contributed by atoms with Gasteiger partial charge in [-0.3, -0.25) is 9.59 Å². The number of hydrogen-bond acceptors (Lipinski definition) is 2. The van der Waals surface area contributed by atoms with Crippen LogP contribution < -0.4 is 10.2 Å². The van der Waals surface area contributed by atoms with Crippen molar-refractivity contribution in [1.82, 2.24) is 0 Å². The lowest BCUT2D eigenvalue weighted by atomic mass is 10.1. The normalized spacial score (nSPS) is 17.2. The lowest BCUT2D eigenvalue weighted by molar-refractivity contribution is -0.122. The number of para-hydroxylation sites is 1. The number of amides is 2. The SMILES string of the molecule is Cc1c(Cl)cccc1NC(=O)[C@@H]1CC(=O)N(c2ccccc2F)C1. The van der Waals surface area contributed by atoms with Crippen LogP contribution in [0.15, 0.2) is 42.5 Å². The molecule has 0 saturated carbocycles. The molecule has 1 saturated heterocycles. The van der Waals surface area contributed by atoms with Crippen molar-refractivity contribution >= 4 is 34.8 Å². The molecule has 0 aliphatic carbocycles. The molecule has 3 rings (SSSR count). The molecule has 0 unspecified atom stereocenters. The van der Waals surface area contributed by atoms with Crippen molar-refractivity contribution in [3.63, 3.8) is 0 Å². The van der Waals surface area contributed by atoms with E-state index >= 15 is 0 Å². The van der Waals surface area contributed by atoms with Gasteiger partial charge in [-0.1, -0.05) is 29.8 Å². The quantitative estimate of drug-likeness (QED) is 0.919. The van der Waals surface area contributed by atoms with Gasteiger partial charge in [0.2, 0.25) is 11.8 Å². The molecule has 2 aromatic carbocycles. The second-order valence-electron chi connectivity index (χ2n) is 5.76. The predicted octanol–water partition coefficient (Wildman–Crippen LogP) is 3.78. The topological polar surface area (TPSA) is 49.4 Å². The Kier molecular flexibility index (Phi) is 4.53. The van der Waals surface area contributed by atoms with E-state index in [1.54, 1.807) is 30.3 Å². The highest BCUT2D eigenvalue weighted by molar-refractivity contribution is 6.31. The van der Waals surface area contributed by atoms with Crippen LogP contribution in [0.1, 0.15) is 12.0 Å². The fourth-order valence-electron chi connectivity index (χ4n) is 2.76. The van der Waals surface area contributed by atoms with Gasteiger partial charge in [0.25, 0.3) is 0 Å². The predicted molar refractivity (Wildman–Crippen MR) is 91.7 cm³/mol. The van der Waals surface area contributed by atoms with Gasteiger partial charge in [0.15, 0.2) is 0 Å². The second kappa shape index (κ2) is 6.61. The van der Waals surface area contributed by atoms with Gasteiger partial charge in [0.1, 0.15) is 5.82 Å². The Labute approximate surface area is 144 Å². The largest absolute Gasteiger partial charge is 0.325 e. The lowest BCUT2D eigenvalue weighted by Crippen LogP contribution is -2.28. The van der Waals surface area contributed by atoms with E-state index in [1.807, 2.05) is 6.92 Å². The third-order valence-corrected chi connectivity index (χ3v) is 4.57. The molecule has 1 aliphatic heterocycles. The van der Waals surface area contributed by atoms with Crippen LogP contribution in [0.5, 0.6) is 0 Å². The summed E-state index contributed by atoms with van der Waals surface area (Å²) in [4.78, 5) is 26.0. The molecule has 24 heavy (non-hydrogen) atoms. The van der Waals surface area contributed by atoms with E-state index < -0.39 is 11.7 Å². The van der Waals surface area contributed by atoms with Crippen molar-refractivity contribution in [1.29, 1.82) is 0 Å². The molecule has 1 aliphatic rings. The summed E-state index contributed by atoms with van der Waals surface area (Å²) in [6.45, 7) is 1.97. The fourth-order valence-corrected chi connectivity index (χ4v) is 2.94. The third kappa shape index (κ3) is 3.12. The Morgan fingerprint density at radius 1 is 1.25 bits per heavy atom. The first kappa shape index (κ1) is 16.5. The lowest BCUT2D eigenvalue weighted by Gasteiger charge is -2.17. The Hall–Kier alpha value is -2.40. The Bertz CT molecular complexity index is 809. The fraction of sp³-hybridized carbons (Fsp3) is 0.222. The van der Waals surface area contributed by atoms with Crippen LogP contribution in [0.25, 0.3) is 0 Å². The summed E-state index contributed by atoms with van der Waals surface area (Å²) in [6.07, 6.45) is 0.0553. The van der Waals surface area contributed by atoms with Crippen molar-refractivity contribution in [2.24, 2.45) is 5.92 Å². The van der Waals surface area contributed by atoms with E-state index in [4.69, 9.17) is 11.6 Å². The zero-order valence-electron chi connectivity index (χ0n) is 13.1. The van der Waals surface area contributed by atoms with Crippen LogP contribution >= 0.6 is 11.6 Å². The Balaban J connectivity index is 1.75. The number of carbonyl (C=O) groups is 2. The van der Waals surface area contributed by atoms with Crippen LogP contribution in [0, 0.1) is 18.7 Å². The number of nitrogens with zero attached hydrogens (tertiary/aromatic N) is 1. The van der Waals surface area contributed by atoms with Crippen LogP contribution in [0.3, 0.4) is 0 Å². The molecule has 1 atom stereocenters. The van der Waals surface area contributed by atoms with Gasteiger partial charge in [-0.05, 0) is 36.8 Å². The molecule has 6 heteroatoms. The molecule has 1 fully saturated rings. The zero-order chi connectivity index (χ0) is 17.3. The minimum Gasteiger partial charge on any atom is -0.325 e. The summed E-state index contributed by atoms with van der Waals surface area (Å²) >= 11 is 6.05. The van der Waals surface area contributed by atoms with Crippen LogP contribution in [0.2, 0.25) is 5.02 Å². The van der Waals surface area contributed by atoms with Crippen LogP contribution in [-0.4, -0.2) is 18.4 Å². The zero-order valence-corrected chi connectivity index (χ0v) is 13.8. The summed E-state index contributed by atoms with van der Waals surface area (Å²) in [5, 5.41) is 3.36. The first-order valence-electron chi connectivity index (χ1n) is 7.58. The summed E-state index contributed by atoms with van der Waals surface area (Å²) < 4.78 is 13.9. The molecule has 1 N–H and O–H groups in total. The maximum absolute atomic E-state index is 13.9. The number of hydrogen-bond donors (Lipinski definition) is 1. The van der Waals surface area contributed by atoms with E-state index in [2.05, 4.69) is 5.32 Å². The minimum atomic E-state index is -0.532. The molecule has 1 heterocycles. The number of nitrogens with one attached hydrogen (secondary N) is 1. The molecular weight excluding hydrogens is 331 g/mol. The summed E-state index contributed by atoms with van der Waals surface area (Å²) in [6, 6.07) is 11.3. The highest BCUT2D eigenvalue weighted by Gasteiger charge is 2.36. The van der Waals surface area contributed by atoms with E-state index in [-0.39, 0.29) is 30.5 Å². The Morgan fingerprint density at radius 3 is 2.75 bits per heavy atom. The van der Waals surface area contributed by atoms with E-state index in [0.717, 1.165) is 5.56 Å². The molecule has 4 nitrogen and oxygen atoms in total. The summed E-state index contributed by atoms with van der Waals surface area (Å²) in [7, 11) is 0. The number of halogens is 2. The first-order valence-corrected chi connectivity index (χ1v) is 7.96. The van der Waals surface area contributed by atoms with E-state index in [0.29, 0.717) is 10.7 Å². The number of anilines is 2. The molecule has 2 aromatic rings. The average molecular weight is 347 g/mol. The third-order valence-electron chi connectivity index (χ3n) is 4.16. The maximum atomic E-state index is 13.9. The van der Waals surface area contributed by atoms with Gasteiger partial charge in [-0.15, -0.1) is 0 Å². The molecule has 0 radical (unpaired) electrons. The molecule has 2 amide bonds. The summed E-state index contributed by atoms with van der Waals surface area (Å²) in [5.41, 5.74) is 1.59. The van der Waals surface area contributed by atoms with Crippen molar-refractivity contribution in [3.8, 4) is 0 Å². The van der Waals surface area contributed by atoms with Gasteiger partial charge in [0.05, 0.1) is 11.6 Å². The molecule has 0 spiro atoms. The van der Waals surface area contributed by atoms with Gasteiger partial charge >= 0.3 is 0 Å². The highest BCUT2D eigenvalue weighted by Crippen LogP contribution is 2.29. The van der Waals surface area contributed by atoms with Crippen LogP contribution in [-0.2, 0) is 9.59 Å². The van der Waals surface area contributed by atoms with E-state index in [9.17, 15) is 14.0 Å². The van der Waals surface area contributed by atoms with Crippen molar-refractivity contribution < 1.29 is 14.0 Å². The van der Waals surface area contributed by atoms with E-state index in [1.165, 1.54) is 17.0 Å². The van der Waals surface area contributed by atoms with Crippen LogP contribution in [0.4, 0.5) is 15.8 Å². The highest BCUT2D eigenvalue weighted by atomic mass is 35.5. The molecular formula is C18H16ClFN2O2. The second-order valence-corrected chi connectivity index (χ2v) is 6.17. The standard InChI is InChI=1S/C18H16ClFN2O2/c1-11-13(19)5-4-7-15(11)21-18(24)12-9-17(23)22(10-12)16-8-3-2-6-14(16)20/h2-8,12H,9-10H2,1H3,(H,21,24)/t12-/m1/s1. The van der Waals surface area contributed by atoms with Crippen molar-refractivity contribution in [2.45, 2.75) is 13.3 Å². The van der Waals surface area contributed by atoms with Crippen molar-refractivity contribution in [3.05, 3.63) is 58.9 Å². The number of benzene rings is 2. The molecule has 0 bridgehead atoms. The monoisotopic (exact) mass is 346 g/mol. The van der Waals surface area contributed by atoms with Gasteiger partial charge < -0.3 is 10.2 Å². The Morgan fingerprint density at radius 2 is 2.00 bits per heavy atom. The van der Waals surface area contributed by atoms with Gasteiger partial charge in [-0.25, -0.2) is 4.39 Å². The minimum absolute atomic E-state index is 0.0553. The summed E-state index contributed by atoms with van der Waals surface area (Å²) in [5.74, 6) is -1.54. The molecule has 0 aromatic heterocycles. The van der Waals surface area contributed by atoms with Gasteiger partial charge in [-0.2, -0.15) is 0 Å². The molecule has 124 valence electrons. The average Bonchev–Trinajstić information content (AvgIpc) is 2.94.